The highest BCUT2D eigenvalue weighted by Crippen LogP contribution is 2.27. The summed E-state index contributed by atoms with van der Waals surface area (Å²) in [6.07, 6.45) is 8.23. The van der Waals surface area contributed by atoms with Gasteiger partial charge in [-0.3, -0.25) is 9.78 Å². The van der Waals surface area contributed by atoms with Gasteiger partial charge in [0.2, 0.25) is 5.91 Å². The van der Waals surface area contributed by atoms with Crippen molar-refractivity contribution in [1.29, 1.82) is 0 Å². The smallest absolute Gasteiger partial charge is 0.233 e. The molecule has 1 amide bonds. The Morgan fingerprint density at radius 1 is 1.28 bits per heavy atom. The molecule has 2 aromatic heterocycles. The van der Waals surface area contributed by atoms with Crippen LogP contribution in [0, 0.1) is 5.92 Å². The van der Waals surface area contributed by atoms with E-state index in [-0.39, 0.29) is 11.2 Å². The maximum atomic E-state index is 12.6. The van der Waals surface area contributed by atoms with Crippen LogP contribution in [0.15, 0.2) is 29.7 Å². The van der Waals surface area contributed by atoms with Gasteiger partial charge in [0, 0.05) is 31.0 Å². The lowest BCUT2D eigenvalue weighted by Crippen LogP contribution is -2.44. The Balaban J connectivity index is 1.64. The number of carbonyl (C=O) groups is 1. The lowest BCUT2D eigenvalue weighted by molar-refractivity contribution is -0.121. The van der Waals surface area contributed by atoms with Gasteiger partial charge in [0.25, 0.3) is 0 Å². The van der Waals surface area contributed by atoms with E-state index in [9.17, 15) is 4.79 Å². The van der Waals surface area contributed by atoms with Crippen molar-refractivity contribution in [2.24, 2.45) is 13.0 Å². The second-order valence-corrected chi connectivity index (χ2v) is 8.05. The average Bonchev–Trinajstić information content (AvgIpc) is 2.98. The number of rotatable bonds is 5. The summed E-state index contributed by atoms with van der Waals surface area (Å²) < 4.78 is 1.92. The predicted molar refractivity (Wildman–Crippen MR) is 99.1 cm³/mol. The fraction of sp³-hybridized carbons (Fsp3) is 0.556. The summed E-state index contributed by atoms with van der Waals surface area (Å²) in [6, 6.07) is 4.11. The molecule has 134 valence electrons. The lowest BCUT2D eigenvalue weighted by Gasteiger charge is -2.30. The molecule has 0 aliphatic heterocycles. The third-order valence-electron chi connectivity index (χ3n) is 4.86. The molecule has 0 unspecified atom stereocenters. The highest BCUT2D eigenvalue weighted by molar-refractivity contribution is 8.00. The molecule has 0 aromatic carbocycles. The van der Waals surface area contributed by atoms with Crippen molar-refractivity contribution in [2.75, 3.05) is 0 Å². The van der Waals surface area contributed by atoms with Gasteiger partial charge < -0.3 is 9.88 Å². The first-order valence-corrected chi connectivity index (χ1v) is 9.71. The van der Waals surface area contributed by atoms with Crippen LogP contribution in [-0.2, 0) is 11.8 Å². The molecule has 0 radical (unpaired) electrons. The fourth-order valence-corrected chi connectivity index (χ4v) is 4.04. The van der Waals surface area contributed by atoms with Crippen molar-refractivity contribution in [3.05, 3.63) is 24.5 Å². The van der Waals surface area contributed by atoms with E-state index in [1.807, 2.05) is 30.7 Å². The summed E-state index contributed by atoms with van der Waals surface area (Å²) >= 11 is 1.45. The van der Waals surface area contributed by atoms with Crippen LogP contribution in [-0.4, -0.2) is 36.9 Å². The van der Waals surface area contributed by atoms with Crippen molar-refractivity contribution in [2.45, 2.75) is 56.0 Å². The van der Waals surface area contributed by atoms with E-state index in [0.29, 0.717) is 12.0 Å². The summed E-state index contributed by atoms with van der Waals surface area (Å²) in [6.45, 7) is 4.15. The molecule has 7 heteroatoms. The lowest BCUT2D eigenvalue weighted by atomic mass is 9.86. The Morgan fingerprint density at radius 2 is 2.00 bits per heavy atom. The number of pyridine rings is 1. The summed E-state index contributed by atoms with van der Waals surface area (Å²) in [5, 5.41) is 12.3. The van der Waals surface area contributed by atoms with E-state index in [0.717, 1.165) is 23.0 Å². The molecule has 6 nitrogen and oxygen atoms in total. The van der Waals surface area contributed by atoms with E-state index in [1.165, 1.54) is 31.0 Å². The molecule has 25 heavy (non-hydrogen) atoms. The second kappa shape index (κ2) is 7.99. The maximum Gasteiger partial charge on any atom is 0.233 e. The molecule has 3 rings (SSSR count). The number of hydrogen-bond acceptors (Lipinski definition) is 5. The summed E-state index contributed by atoms with van der Waals surface area (Å²) in [5.74, 6) is 1.42. The Labute approximate surface area is 152 Å². The average molecular weight is 359 g/mol. The van der Waals surface area contributed by atoms with Crippen molar-refractivity contribution < 1.29 is 4.79 Å². The third kappa shape index (κ3) is 4.21. The molecule has 2 aromatic rings. The quantitative estimate of drug-likeness (QED) is 0.831. The van der Waals surface area contributed by atoms with E-state index in [4.69, 9.17) is 0 Å². The molecule has 0 bridgehead atoms. The van der Waals surface area contributed by atoms with E-state index in [1.54, 1.807) is 12.4 Å². The molecule has 1 fully saturated rings. The predicted octanol–water partition coefficient (Wildman–Crippen LogP) is 3.05. The molecule has 1 saturated carbocycles. The zero-order valence-electron chi connectivity index (χ0n) is 15.0. The van der Waals surface area contributed by atoms with Gasteiger partial charge in [-0.2, -0.15) is 0 Å². The number of nitrogens with one attached hydrogen (secondary N) is 1. The van der Waals surface area contributed by atoms with Crippen LogP contribution in [0.5, 0.6) is 0 Å². The molecule has 0 saturated heterocycles. The van der Waals surface area contributed by atoms with Gasteiger partial charge in [0.05, 0.1) is 5.25 Å². The molecule has 0 spiro atoms. The Kier molecular flexibility index (Phi) is 5.73. The largest absolute Gasteiger partial charge is 0.352 e. The first-order valence-electron chi connectivity index (χ1n) is 8.83. The first-order chi connectivity index (χ1) is 12.1. The van der Waals surface area contributed by atoms with Gasteiger partial charge in [-0.15, -0.1) is 10.2 Å². The Bertz CT molecular complexity index is 718. The minimum atomic E-state index is -0.206. The molecule has 1 N–H and O–H groups in total. The number of carbonyl (C=O) groups excluding carboxylic acids is 1. The van der Waals surface area contributed by atoms with E-state index in [2.05, 4.69) is 27.4 Å². The van der Waals surface area contributed by atoms with Crippen LogP contribution < -0.4 is 5.32 Å². The van der Waals surface area contributed by atoms with Gasteiger partial charge in [-0.25, -0.2) is 0 Å². The highest BCUT2D eigenvalue weighted by Gasteiger charge is 2.26. The molecular weight excluding hydrogens is 334 g/mol. The zero-order valence-corrected chi connectivity index (χ0v) is 15.8. The minimum Gasteiger partial charge on any atom is -0.352 e. The monoisotopic (exact) mass is 359 g/mol. The molecule has 1 aliphatic carbocycles. The summed E-state index contributed by atoms with van der Waals surface area (Å²) in [7, 11) is 1.92. The zero-order chi connectivity index (χ0) is 17.8. The summed E-state index contributed by atoms with van der Waals surface area (Å²) in [4.78, 5) is 16.6. The van der Waals surface area contributed by atoms with Gasteiger partial charge in [-0.1, -0.05) is 31.5 Å². The van der Waals surface area contributed by atoms with Crippen molar-refractivity contribution >= 4 is 17.7 Å². The Morgan fingerprint density at radius 3 is 2.72 bits per heavy atom. The number of hydrogen-bond donors (Lipinski definition) is 1. The maximum absolute atomic E-state index is 12.6. The topological polar surface area (TPSA) is 72.7 Å². The first kappa shape index (κ1) is 17.9. The molecule has 1 aliphatic rings. The Hall–Kier alpha value is -1.89. The fourth-order valence-electron chi connectivity index (χ4n) is 3.21. The van der Waals surface area contributed by atoms with Crippen molar-refractivity contribution in [3.63, 3.8) is 0 Å². The van der Waals surface area contributed by atoms with Crippen LogP contribution in [0.3, 0.4) is 0 Å². The van der Waals surface area contributed by atoms with E-state index < -0.39 is 0 Å². The standard InChI is InChI=1S/C18H25N5OS/c1-12-6-4-5-7-15(12)20-17(24)13(2)25-18-22-21-16(23(18)3)14-8-10-19-11-9-14/h8-13,15H,4-7H2,1-3H3,(H,20,24)/t12-,13+,15-/m0/s1. The van der Waals surface area contributed by atoms with Crippen LogP contribution in [0.2, 0.25) is 0 Å². The van der Waals surface area contributed by atoms with Crippen LogP contribution in [0.1, 0.15) is 39.5 Å². The van der Waals surface area contributed by atoms with Crippen LogP contribution >= 0.6 is 11.8 Å². The minimum absolute atomic E-state index is 0.0808. The normalized spacial score (nSPS) is 21.7. The molecule has 2 heterocycles. The van der Waals surface area contributed by atoms with Crippen LogP contribution in [0.4, 0.5) is 0 Å². The second-order valence-electron chi connectivity index (χ2n) is 6.74. The third-order valence-corrected chi connectivity index (χ3v) is 6.00. The van der Waals surface area contributed by atoms with Gasteiger partial charge in [0.15, 0.2) is 11.0 Å². The van der Waals surface area contributed by atoms with Crippen LogP contribution in [0.25, 0.3) is 11.4 Å². The van der Waals surface area contributed by atoms with Crippen molar-refractivity contribution in [1.82, 2.24) is 25.1 Å². The SMILES string of the molecule is C[C@@H](Sc1nnc(-c2ccncc2)n1C)C(=O)N[C@H]1CCCC[C@@H]1C. The number of thioether (sulfide) groups is 1. The molecule has 3 atom stereocenters. The van der Waals surface area contributed by atoms with Gasteiger partial charge in [0.1, 0.15) is 0 Å². The highest BCUT2D eigenvalue weighted by atomic mass is 32.2. The number of aromatic nitrogens is 4. The molecular formula is C18H25N5OS. The van der Waals surface area contributed by atoms with Gasteiger partial charge in [-0.05, 0) is 37.8 Å². The number of amides is 1. The van der Waals surface area contributed by atoms with Crippen molar-refractivity contribution in [3.8, 4) is 11.4 Å². The van der Waals surface area contributed by atoms with Gasteiger partial charge >= 0.3 is 0 Å². The number of nitrogens with zero attached hydrogens (tertiary/aromatic N) is 4. The summed E-state index contributed by atoms with van der Waals surface area (Å²) in [5.41, 5.74) is 0.963. The van der Waals surface area contributed by atoms with E-state index >= 15 is 0 Å².